The second kappa shape index (κ2) is 56.0. The first-order valence-corrected chi connectivity index (χ1v) is 32.7. The summed E-state index contributed by atoms with van der Waals surface area (Å²) in [4.78, 5) is 37.7. The highest BCUT2D eigenvalue weighted by Gasteiger charge is 2.30. The molecule has 0 radical (unpaired) electrons. The topological polar surface area (TPSA) is 111 Å². The Bertz CT molecular complexity index is 1690. The van der Waals surface area contributed by atoms with Gasteiger partial charge < -0.3 is 19.4 Å². The highest BCUT2D eigenvalue weighted by atomic mass is 31.2. The van der Waals surface area contributed by atoms with Gasteiger partial charge in [-0.3, -0.25) is 18.6 Å². The highest BCUT2D eigenvalue weighted by molar-refractivity contribution is 7.47. The number of esters is 1. The molecule has 0 aliphatic heterocycles. The number of carbonyl (C=O) groups excluding carboxylic acids is 2. The van der Waals surface area contributed by atoms with Crippen molar-refractivity contribution >= 4 is 19.7 Å². The summed E-state index contributed by atoms with van der Waals surface area (Å²) in [5, 5.41) is 3.03. The van der Waals surface area contributed by atoms with Gasteiger partial charge in [-0.1, -0.05) is 227 Å². The summed E-state index contributed by atoms with van der Waals surface area (Å²) in [7, 11) is 1.45. The number of rotatable bonds is 55. The Balaban J connectivity index is 5.33. The maximum atomic E-state index is 13.5. The Morgan fingerprint density at radius 2 is 0.792 bits per heavy atom. The van der Waals surface area contributed by atoms with E-state index < -0.39 is 20.0 Å². The van der Waals surface area contributed by atoms with E-state index in [-0.39, 0.29) is 37.9 Å². The third-order valence-electron chi connectivity index (χ3n) is 13.2. The first-order chi connectivity index (χ1) is 37.4. The van der Waals surface area contributed by atoms with Gasteiger partial charge in [-0.2, -0.15) is 0 Å². The molecule has 1 amide bonds. The standard InChI is InChI=1S/C67H117N2O7P/c1-7-10-13-16-19-22-25-27-29-31-33-34-36-38-40-42-45-48-51-54-57-60-67(71)76-65(58-55-52-49-46-43-24-21-18-15-12-9-3)64(63-75-77(72,73)74-62-61-69(4,5)6)68-66(70)59-56-53-50-47-44-41-39-37-35-32-30-28-26-23-20-17-14-11-8-2/h19-20,22-23,27-30,33-35,37-38,40-41,44,55,58,64-65H,7-18,21,24-26,31-32,36,39,42-43,45-54,56-57,59-63H2,1-6H3,(H-,68,70,72,73)/p+1/b22-19-,23-20-,29-27-,30-28-,34-33-,37-35-,40-38-,44-41-,58-55+. The minimum absolute atomic E-state index is 0.0248. The number of unbranched alkanes of at least 4 members (excludes halogenated alkanes) is 23. The van der Waals surface area contributed by atoms with E-state index in [0.29, 0.717) is 23.9 Å². The number of quaternary nitrogens is 1. The van der Waals surface area contributed by atoms with Crippen LogP contribution in [0.2, 0.25) is 0 Å². The van der Waals surface area contributed by atoms with Crippen LogP contribution in [0.5, 0.6) is 0 Å². The van der Waals surface area contributed by atoms with Gasteiger partial charge in [-0.15, -0.1) is 0 Å². The number of phosphoric ester groups is 1. The summed E-state index contributed by atoms with van der Waals surface area (Å²) in [6.45, 7) is 6.90. The van der Waals surface area contributed by atoms with Crippen LogP contribution in [0, 0.1) is 0 Å². The molecule has 0 aromatic carbocycles. The monoisotopic (exact) mass is 1090 g/mol. The van der Waals surface area contributed by atoms with Crippen molar-refractivity contribution in [2.24, 2.45) is 0 Å². The van der Waals surface area contributed by atoms with Crippen LogP contribution in [-0.4, -0.2) is 74.3 Å². The zero-order valence-corrected chi connectivity index (χ0v) is 51.3. The molecule has 0 aromatic rings. The molecule has 10 heteroatoms. The van der Waals surface area contributed by atoms with Gasteiger partial charge in [0.15, 0.2) is 0 Å². The Labute approximate surface area is 474 Å². The zero-order valence-electron chi connectivity index (χ0n) is 50.4. The number of hydrogen-bond acceptors (Lipinski definition) is 6. The van der Waals surface area contributed by atoms with E-state index in [0.717, 1.165) is 109 Å². The van der Waals surface area contributed by atoms with Crippen LogP contribution in [0.15, 0.2) is 109 Å². The molecule has 0 aliphatic carbocycles. The molecule has 0 saturated carbocycles. The van der Waals surface area contributed by atoms with Crippen LogP contribution >= 0.6 is 7.82 Å². The number of hydrogen-bond donors (Lipinski definition) is 2. The molecule has 3 unspecified atom stereocenters. The molecule has 77 heavy (non-hydrogen) atoms. The van der Waals surface area contributed by atoms with Crippen LogP contribution in [-0.2, 0) is 27.9 Å². The van der Waals surface area contributed by atoms with Crippen molar-refractivity contribution < 1.29 is 37.3 Å². The molecular formula is C67H118N2O7P+. The maximum absolute atomic E-state index is 13.5. The number of phosphoric acid groups is 1. The lowest BCUT2D eigenvalue weighted by molar-refractivity contribution is -0.870. The number of carbonyl (C=O) groups is 2. The second-order valence-electron chi connectivity index (χ2n) is 21.9. The van der Waals surface area contributed by atoms with E-state index in [1.807, 2.05) is 33.3 Å². The number of nitrogens with one attached hydrogen (secondary N) is 1. The van der Waals surface area contributed by atoms with Crippen LogP contribution in [0.3, 0.4) is 0 Å². The number of likely N-dealkylation sites (N-methyl/N-ethyl adjacent to an activating group) is 1. The van der Waals surface area contributed by atoms with Gasteiger partial charge in [0.25, 0.3) is 0 Å². The molecule has 0 saturated heterocycles. The smallest absolute Gasteiger partial charge is 0.456 e. The SMILES string of the molecule is CCCCC/C=C\C/C=C\C/C=C\C/C=C\CCCCCCCC(=O)OC(/C=C/CCCCCCCCCCC)C(COP(=O)(O)OCC[N+](C)(C)C)NC(=O)CCCCC/C=C\C/C=C\C/C=C\C/C=C\CCCCC. The van der Waals surface area contributed by atoms with Gasteiger partial charge in [0.2, 0.25) is 5.91 Å². The number of amides is 1. The van der Waals surface area contributed by atoms with E-state index in [1.165, 1.54) is 96.3 Å². The average molecular weight is 1090 g/mol. The number of ether oxygens (including phenoxy) is 1. The van der Waals surface area contributed by atoms with Crippen LogP contribution in [0.4, 0.5) is 0 Å². The molecule has 2 N–H and O–H groups in total. The summed E-state index contributed by atoms with van der Waals surface area (Å²) in [6.07, 6.45) is 76.6. The first-order valence-electron chi connectivity index (χ1n) is 31.2. The lowest BCUT2D eigenvalue weighted by atomic mass is 10.1. The van der Waals surface area contributed by atoms with Crippen molar-refractivity contribution in [1.82, 2.24) is 5.32 Å². The van der Waals surface area contributed by atoms with Gasteiger partial charge in [-0.05, 0) is 122 Å². The summed E-state index contributed by atoms with van der Waals surface area (Å²) in [6, 6.07) is -0.880. The molecule has 0 heterocycles. The van der Waals surface area contributed by atoms with E-state index in [4.69, 9.17) is 13.8 Å². The Hall–Kier alpha value is -3.33. The molecule has 0 spiro atoms. The van der Waals surface area contributed by atoms with Crippen molar-refractivity contribution in [3.05, 3.63) is 109 Å². The van der Waals surface area contributed by atoms with Crippen molar-refractivity contribution in [2.45, 2.75) is 264 Å². The quantitative estimate of drug-likeness (QED) is 0.0205. The summed E-state index contributed by atoms with van der Waals surface area (Å²) < 4.78 is 30.6. The minimum atomic E-state index is -4.47. The largest absolute Gasteiger partial charge is 0.472 e. The third-order valence-corrected chi connectivity index (χ3v) is 14.2. The van der Waals surface area contributed by atoms with E-state index in [9.17, 15) is 19.0 Å². The molecular weight excluding hydrogens is 976 g/mol. The molecule has 0 bridgehead atoms. The molecule has 0 fully saturated rings. The van der Waals surface area contributed by atoms with Gasteiger partial charge in [0.1, 0.15) is 19.3 Å². The van der Waals surface area contributed by atoms with Crippen molar-refractivity contribution in [2.75, 3.05) is 40.9 Å². The third kappa shape index (κ3) is 57.2. The fourth-order valence-electron chi connectivity index (χ4n) is 8.32. The fourth-order valence-corrected chi connectivity index (χ4v) is 9.05. The molecule has 0 rings (SSSR count). The second-order valence-corrected chi connectivity index (χ2v) is 23.3. The highest BCUT2D eigenvalue weighted by Crippen LogP contribution is 2.43. The predicted octanol–water partition coefficient (Wildman–Crippen LogP) is 19.3. The van der Waals surface area contributed by atoms with Crippen LogP contribution in [0.25, 0.3) is 0 Å². The van der Waals surface area contributed by atoms with Crippen molar-refractivity contribution in [3.63, 3.8) is 0 Å². The molecule has 0 aromatic heterocycles. The number of allylic oxidation sites excluding steroid dienone is 17. The summed E-state index contributed by atoms with van der Waals surface area (Å²) >= 11 is 0. The van der Waals surface area contributed by atoms with Gasteiger partial charge >= 0.3 is 13.8 Å². The summed E-state index contributed by atoms with van der Waals surface area (Å²) in [5.41, 5.74) is 0. The normalized spacial score (nSPS) is 14.4. The zero-order chi connectivity index (χ0) is 56.4. The van der Waals surface area contributed by atoms with Crippen molar-refractivity contribution in [1.29, 1.82) is 0 Å². The molecule has 3 atom stereocenters. The van der Waals surface area contributed by atoms with Crippen LogP contribution in [0.1, 0.15) is 252 Å². The summed E-state index contributed by atoms with van der Waals surface area (Å²) in [5.74, 6) is -0.569. The van der Waals surface area contributed by atoms with E-state index in [1.54, 1.807) is 0 Å². The molecule has 9 nitrogen and oxygen atoms in total. The minimum Gasteiger partial charge on any atom is -0.456 e. The van der Waals surface area contributed by atoms with Crippen LogP contribution < -0.4 is 5.32 Å². The van der Waals surface area contributed by atoms with Gasteiger partial charge in [0.05, 0.1) is 33.8 Å². The Morgan fingerprint density at radius 3 is 1.22 bits per heavy atom. The predicted molar refractivity (Wildman–Crippen MR) is 332 cm³/mol. The van der Waals surface area contributed by atoms with Gasteiger partial charge in [-0.25, -0.2) is 4.57 Å². The molecule has 0 aliphatic rings. The average Bonchev–Trinajstić information content (AvgIpc) is 3.39. The number of nitrogens with zero attached hydrogens (tertiary/aromatic N) is 1. The lowest BCUT2D eigenvalue weighted by Gasteiger charge is -2.27. The fraction of sp³-hybridized carbons (Fsp3) is 0.701. The van der Waals surface area contributed by atoms with Crippen molar-refractivity contribution in [3.8, 4) is 0 Å². The lowest BCUT2D eigenvalue weighted by Crippen LogP contribution is -2.47. The molecule has 442 valence electrons. The van der Waals surface area contributed by atoms with E-state index >= 15 is 0 Å². The maximum Gasteiger partial charge on any atom is 0.472 e. The Morgan fingerprint density at radius 1 is 0.455 bits per heavy atom. The van der Waals surface area contributed by atoms with Gasteiger partial charge in [0, 0.05) is 12.8 Å². The Kier molecular flexibility index (Phi) is 53.5. The van der Waals surface area contributed by atoms with E-state index in [2.05, 4.69) is 123 Å². The first kappa shape index (κ1) is 73.7.